The third-order valence-corrected chi connectivity index (χ3v) is 5.42. The van der Waals surface area contributed by atoms with Crippen LogP contribution in [0.3, 0.4) is 0 Å². The van der Waals surface area contributed by atoms with Gasteiger partial charge in [0.2, 0.25) is 15.9 Å². The zero-order valence-corrected chi connectivity index (χ0v) is 12.0. The fourth-order valence-corrected chi connectivity index (χ4v) is 4.05. The van der Waals surface area contributed by atoms with Crippen molar-refractivity contribution in [2.75, 3.05) is 13.1 Å². The second-order valence-corrected chi connectivity index (χ2v) is 6.94. The highest BCUT2D eigenvalue weighted by Gasteiger charge is 2.34. The zero-order chi connectivity index (χ0) is 14.8. The largest absolute Gasteiger partial charge is 0.369 e. The average Bonchev–Trinajstić information content (AvgIpc) is 2.89. The topological polar surface area (TPSA) is 106 Å². The molecule has 1 heterocycles. The zero-order valence-electron chi connectivity index (χ0n) is 11.2. The van der Waals surface area contributed by atoms with Gasteiger partial charge in [0.15, 0.2) is 0 Å². The average molecular weight is 297 g/mol. The fraction of sp³-hybridized carbons (Fsp3) is 0.462. The molecular formula is C13H19N3O3S. The van der Waals surface area contributed by atoms with Gasteiger partial charge < -0.3 is 11.5 Å². The van der Waals surface area contributed by atoms with Gasteiger partial charge in [-0.3, -0.25) is 4.79 Å². The molecule has 0 bridgehead atoms. The van der Waals surface area contributed by atoms with Gasteiger partial charge in [-0.05, 0) is 17.5 Å². The SMILES string of the molecule is NCc1ccccc1CS(=O)(=O)N1CCC(C(N)=O)C1. The molecular weight excluding hydrogens is 278 g/mol. The Labute approximate surface area is 118 Å². The maximum absolute atomic E-state index is 12.4. The Hall–Kier alpha value is -1.44. The van der Waals surface area contributed by atoms with Crippen LogP contribution in [-0.4, -0.2) is 31.7 Å². The number of primary amides is 1. The first kappa shape index (κ1) is 15.0. The van der Waals surface area contributed by atoms with Crippen molar-refractivity contribution in [3.63, 3.8) is 0 Å². The van der Waals surface area contributed by atoms with E-state index in [0.717, 1.165) is 5.56 Å². The molecule has 1 unspecified atom stereocenters. The second-order valence-electron chi connectivity index (χ2n) is 4.98. The van der Waals surface area contributed by atoms with Gasteiger partial charge >= 0.3 is 0 Å². The summed E-state index contributed by atoms with van der Waals surface area (Å²) >= 11 is 0. The number of sulfonamides is 1. The maximum atomic E-state index is 12.4. The number of benzene rings is 1. The Bertz CT molecular complexity index is 601. The molecule has 1 aromatic rings. The number of carbonyl (C=O) groups is 1. The van der Waals surface area contributed by atoms with Crippen molar-refractivity contribution in [1.82, 2.24) is 4.31 Å². The van der Waals surface area contributed by atoms with Gasteiger partial charge in [0.05, 0.1) is 11.7 Å². The van der Waals surface area contributed by atoms with E-state index in [0.29, 0.717) is 25.1 Å². The van der Waals surface area contributed by atoms with Gasteiger partial charge in [-0.15, -0.1) is 0 Å². The van der Waals surface area contributed by atoms with E-state index in [1.54, 1.807) is 12.1 Å². The third-order valence-electron chi connectivity index (χ3n) is 3.62. The van der Waals surface area contributed by atoms with Crippen LogP contribution in [-0.2, 0) is 27.1 Å². The summed E-state index contributed by atoms with van der Waals surface area (Å²) in [6, 6.07) is 7.21. The van der Waals surface area contributed by atoms with Crippen LogP contribution in [0.2, 0.25) is 0 Å². The number of nitrogens with two attached hydrogens (primary N) is 2. The van der Waals surface area contributed by atoms with Gasteiger partial charge in [-0.2, -0.15) is 0 Å². The van der Waals surface area contributed by atoms with Crippen LogP contribution < -0.4 is 11.5 Å². The van der Waals surface area contributed by atoms with Crippen LogP contribution >= 0.6 is 0 Å². The van der Waals surface area contributed by atoms with Gasteiger partial charge in [0, 0.05) is 19.6 Å². The molecule has 0 saturated carbocycles. The number of hydrogen-bond acceptors (Lipinski definition) is 4. The Kier molecular flexibility index (Phi) is 4.42. The normalized spacial score (nSPS) is 20.1. The molecule has 1 amide bonds. The van der Waals surface area contributed by atoms with Gasteiger partial charge in [-0.1, -0.05) is 24.3 Å². The summed E-state index contributed by atoms with van der Waals surface area (Å²) in [5.74, 6) is -0.911. The van der Waals surface area contributed by atoms with Gasteiger partial charge in [-0.25, -0.2) is 12.7 Å². The Morgan fingerprint density at radius 1 is 1.30 bits per heavy atom. The van der Waals surface area contributed by atoms with E-state index in [1.165, 1.54) is 4.31 Å². The summed E-state index contributed by atoms with van der Waals surface area (Å²) in [6.07, 6.45) is 0.493. The lowest BCUT2D eigenvalue weighted by molar-refractivity contribution is -0.121. The van der Waals surface area contributed by atoms with Crippen molar-refractivity contribution >= 4 is 15.9 Å². The lowest BCUT2D eigenvalue weighted by Gasteiger charge is -2.17. The summed E-state index contributed by atoms with van der Waals surface area (Å²) in [6.45, 7) is 0.832. The highest BCUT2D eigenvalue weighted by Crippen LogP contribution is 2.22. The van der Waals surface area contributed by atoms with Crippen molar-refractivity contribution in [3.05, 3.63) is 35.4 Å². The molecule has 7 heteroatoms. The monoisotopic (exact) mass is 297 g/mol. The highest BCUT2D eigenvalue weighted by molar-refractivity contribution is 7.88. The molecule has 0 spiro atoms. The van der Waals surface area contributed by atoms with Gasteiger partial charge in [0.1, 0.15) is 0 Å². The molecule has 0 radical (unpaired) electrons. The molecule has 1 aliphatic heterocycles. The molecule has 0 aliphatic carbocycles. The molecule has 1 atom stereocenters. The number of hydrogen-bond donors (Lipinski definition) is 2. The summed E-state index contributed by atoms with van der Waals surface area (Å²) in [5.41, 5.74) is 12.4. The second kappa shape index (κ2) is 5.90. The molecule has 1 aliphatic rings. The Balaban J connectivity index is 2.14. The van der Waals surface area contributed by atoms with E-state index in [1.807, 2.05) is 12.1 Å². The summed E-state index contributed by atoms with van der Waals surface area (Å²) < 4.78 is 26.1. The molecule has 1 saturated heterocycles. The number of nitrogens with zero attached hydrogens (tertiary/aromatic N) is 1. The van der Waals surface area contributed by atoms with E-state index in [-0.39, 0.29) is 18.2 Å². The molecule has 4 N–H and O–H groups in total. The van der Waals surface area contributed by atoms with Crippen molar-refractivity contribution in [2.45, 2.75) is 18.7 Å². The lowest BCUT2D eigenvalue weighted by atomic mass is 10.1. The van der Waals surface area contributed by atoms with Crippen molar-refractivity contribution < 1.29 is 13.2 Å². The van der Waals surface area contributed by atoms with E-state index < -0.39 is 15.9 Å². The van der Waals surface area contributed by atoms with E-state index in [2.05, 4.69) is 0 Å². The molecule has 1 fully saturated rings. The predicted molar refractivity (Wildman–Crippen MR) is 75.8 cm³/mol. The van der Waals surface area contributed by atoms with Crippen molar-refractivity contribution in [2.24, 2.45) is 17.4 Å². The summed E-state index contributed by atoms with van der Waals surface area (Å²) in [5, 5.41) is 0. The van der Waals surface area contributed by atoms with Crippen LogP contribution in [0.1, 0.15) is 17.5 Å². The number of amides is 1. The minimum atomic E-state index is -3.44. The van der Waals surface area contributed by atoms with Crippen molar-refractivity contribution in [3.8, 4) is 0 Å². The van der Waals surface area contributed by atoms with Crippen LogP contribution in [0, 0.1) is 5.92 Å². The fourth-order valence-electron chi connectivity index (χ4n) is 2.40. The standard InChI is InChI=1S/C13H19N3O3S/c14-7-10-3-1-2-4-12(10)9-20(18,19)16-6-5-11(8-16)13(15)17/h1-4,11H,5-9,14H2,(H2,15,17). The molecule has 0 aromatic heterocycles. The van der Waals surface area contributed by atoms with Gasteiger partial charge in [0.25, 0.3) is 0 Å². The Morgan fingerprint density at radius 3 is 2.50 bits per heavy atom. The maximum Gasteiger partial charge on any atom is 0.221 e. The Morgan fingerprint density at radius 2 is 1.95 bits per heavy atom. The third kappa shape index (κ3) is 3.17. The number of rotatable bonds is 5. The first-order valence-corrected chi connectivity index (χ1v) is 8.09. The molecule has 20 heavy (non-hydrogen) atoms. The molecule has 110 valence electrons. The van der Waals surface area contributed by atoms with E-state index >= 15 is 0 Å². The predicted octanol–water partition coefficient (Wildman–Crippen LogP) is -0.218. The van der Waals surface area contributed by atoms with Crippen LogP contribution in [0.5, 0.6) is 0 Å². The minimum Gasteiger partial charge on any atom is -0.369 e. The quantitative estimate of drug-likeness (QED) is 0.783. The van der Waals surface area contributed by atoms with E-state index in [9.17, 15) is 13.2 Å². The van der Waals surface area contributed by atoms with Crippen LogP contribution in [0.4, 0.5) is 0 Å². The minimum absolute atomic E-state index is 0.0914. The van der Waals surface area contributed by atoms with Crippen LogP contribution in [0.15, 0.2) is 24.3 Å². The smallest absolute Gasteiger partial charge is 0.221 e. The summed E-state index contributed by atoms with van der Waals surface area (Å²) in [4.78, 5) is 11.1. The summed E-state index contributed by atoms with van der Waals surface area (Å²) in [7, 11) is -3.44. The van der Waals surface area contributed by atoms with Crippen molar-refractivity contribution in [1.29, 1.82) is 0 Å². The molecule has 1 aromatic carbocycles. The molecule has 2 rings (SSSR count). The van der Waals surface area contributed by atoms with E-state index in [4.69, 9.17) is 11.5 Å². The first-order chi connectivity index (χ1) is 9.44. The number of carbonyl (C=O) groups excluding carboxylic acids is 1. The first-order valence-electron chi connectivity index (χ1n) is 6.48. The highest BCUT2D eigenvalue weighted by atomic mass is 32.2. The molecule has 6 nitrogen and oxygen atoms in total. The van der Waals surface area contributed by atoms with Crippen LogP contribution in [0.25, 0.3) is 0 Å². The lowest BCUT2D eigenvalue weighted by Crippen LogP contribution is -2.32.